The Morgan fingerprint density at radius 2 is 1.88 bits per heavy atom. The molecule has 2 atom stereocenters. The lowest BCUT2D eigenvalue weighted by Gasteiger charge is -2.39. The van der Waals surface area contributed by atoms with Crippen molar-refractivity contribution >= 4 is 0 Å². The second kappa shape index (κ2) is 5.71. The Hall–Kier alpha value is -0.0800. The Labute approximate surface area is 107 Å². The van der Waals surface area contributed by atoms with Gasteiger partial charge in [0.2, 0.25) is 0 Å². The second-order valence-electron chi connectivity index (χ2n) is 6.21. The molecule has 100 valence electrons. The van der Waals surface area contributed by atoms with Crippen molar-refractivity contribution in [2.45, 2.75) is 46.0 Å². The normalized spacial score (nSPS) is 35.3. The molecule has 0 bridgehead atoms. The third-order valence-corrected chi connectivity index (χ3v) is 5.22. The van der Waals surface area contributed by atoms with Gasteiger partial charge in [-0.3, -0.25) is 0 Å². The van der Waals surface area contributed by atoms with E-state index in [-0.39, 0.29) is 0 Å². The summed E-state index contributed by atoms with van der Waals surface area (Å²) in [5.74, 6) is 3.09. The van der Waals surface area contributed by atoms with Crippen LogP contribution in [0.1, 0.15) is 46.0 Å². The van der Waals surface area contributed by atoms with Gasteiger partial charge < -0.3 is 10.1 Å². The predicted octanol–water partition coefficient (Wildman–Crippen LogP) is 3.07. The molecule has 2 rings (SSSR count). The Balaban J connectivity index is 1.88. The fraction of sp³-hybridized carbons (Fsp3) is 1.00. The summed E-state index contributed by atoms with van der Waals surface area (Å²) in [6, 6.07) is 0. The van der Waals surface area contributed by atoms with Crippen LogP contribution >= 0.6 is 0 Å². The summed E-state index contributed by atoms with van der Waals surface area (Å²) in [6.45, 7) is 7.80. The van der Waals surface area contributed by atoms with Crippen molar-refractivity contribution in [1.82, 2.24) is 5.32 Å². The lowest BCUT2D eigenvalue weighted by atomic mass is 9.69. The summed E-state index contributed by atoms with van der Waals surface area (Å²) in [5, 5.41) is 3.63. The van der Waals surface area contributed by atoms with Crippen LogP contribution in [0, 0.1) is 23.2 Å². The minimum absolute atomic E-state index is 0.616. The van der Waals surface area contributed by atoms with E-state index in [4.69, 9.17) is 4.74 Å². The molecule has 0 aromatic rings. The SMILES string of the molecule is CCC(CC)C1(CNCCOC)CC2CC2C1. The molecule has 0 aromatic carbocycles. The summed E-state index contributed by atoms with van der Waals surface area (Å²) in [5.41, 5.74) is 0.616. The van der Waals surface area contributed by atoms with E-state index in [0.717, 1.165) is 30.9 Å². The third-order valence-electron chi connectivity index (χ3n) is 5.22. The van der Waals surface area contributed by atoms with Crippen molar-refractivity contribution < 1.29 is 4.74 Å². The molecule has 0 aromatic heterocycles. The Morgan fingerprint density at radius 3 is 2.41 bits per heavy atom. The van der Waals surface area contributed by atoms with E-state index in [0.29, 0.717) is 5.41 Å². The van der Waals surface area contributed by atoms with Gasteiger partial charge in [-0.2, -0.15) is 0 Å². The fourth-order valence-electron chi connectivity index (χ4n) is 4.23. The summed E-state index contributed by atoms with van der Waals surface area (Å²) in [4.78, 5) is 0. The Bertz CT molecular complexity index is 227. The van der Waals surface area contributed by atoms with Gasteiger partial charge in [0.1, 0.15) is 0 Å². The summed E-state index contributed by atoms with van der Waals surface area (Å²) < 4.78 is 5.12. The average Bonchev–Trinajstić information content (AvgIpc) is 2.95. The van der Waals surface area contributed by atoms with E-state index in [1.165, 1.54) is 38.6 Å². The van der Waals surface area contributed by atoms with Crippen LogP contribution < -0.4 is 5.32 Å². The minimum Gasteiger partial charge on any atom is -0.383 e. The number of rotatable bonds is 8. The van der Waals surface area contributed by atoms with Gasteiger partial charge in [0.15, 0.2) is 0 Å². The summed E-state index contributed by atoms with van der Waals surface area (Å²) in [6.07, 6.45) is 7.21. The first-order valence-corrected chi connectivity index (χ1v) is 7.45. The van der Waals surface area contributed by atoms with Crippen LogP contribution in [0.5, 0.6) is 0 Å². The molecular formula is C15H29NO. The van der Waals surface area contributed by atoms with Crippen molar-refractivity contribution in [1.29, 1.82) is 0 Å². The smallest absolute Gasteiger partial charge is 0.0587 e. The molecule has 2 aliphatic carbocycles. The van der Waals surface area contributed by atoms with Gasteiger partial charge in [-0.15, -0.1) is 0 Å². The first-order valence-electron chi connectivity index (χ1n) is 7.45. The largest absolute Gasteiger partial charge is 0.383 e. The van der Waals surface area contributed by atoms with Crippen molar-refractivity contribution in [3.05, 3.63) is 0 Å². The lowest BCUT2D eigenvalue weighted by molar-refractivity contribution is 0.124. The first kappa shape index (κ1) is 13.4. The van der Waals surface area contributed by atoms with Crippen LogP contribution in [0.3, 0.4) is 0 Å². The molecule has 0 radical (unpaired) electrons. The molecule has 0 spiro atoms. The number of methoxy groups -OCH3 is 1. The van der Waals surface area contributed by atoms with Crippen molar-refractivity contribution in [2.24, 2.45) is 23.2 Å². The molecule has 17 heavy (non-hydrogen) atoms. The number of hydrogen-bond donors (Lipinski definition) is 1. The molecule has 2 fully saturated rings. The number of fused-ring (bicyclic) bond motifs is 1. The highest BCUT2D eigenvalue weighted by molar-refractivity contribution is 5.06. The van der Waals surface area contributed by atoms with E-state index >= 15 is 0 Å². The highest BCUT2D eigenvalue weighted by Crippen LogP contribution is 2.63. The summed E-state index contributed by atoms with van der Waals surface area (Å²) in [7, 11) is 1.78. The molecule has 2 heteroatoms. The van der Waals surface area contributed by atoms with Gasteiger partial charge in [0, 0.05) is 20.2 Å². The average molecular weight is 239 g/mol. The topological polar surface area (TPSA) is 21.3 Å². The standard InChI is InChI=1S/C15H29NO/c1-4-14(5-2)15(11-16-6-7-17-3)9-12-8-13(12)10-15/h12-14,16H,4-11H2,1-3H3. The summed E-state index contributed by atoms with van der Waals surface area (Å²) >= 11 is 0. The second-order valence-corrected chi connectivity index (χ2v) is 6.21. The number of ether oxygens (including phenoxy) is 1. The maximum absolute atomic E-state index is 5.12. The van der Waals surface area contributed by atoms with E-state index in [9.17, 15) is 0 Å². The van der Waals surface area contributed by atoms with Crippen LogP contribution in [-0.2, 0) is 4.74 Å². The van der Waals surface area contributed by atoms with E-state index < -0.39 is 0 Å². The van der Waals surface area contributed by atoms with Gasteiger partial charge in [-0.25, -0.2) is 0 Å². The van der Waals surface area contributed by atoms with Crippen molar-refractivity contribution in [3.63, 3.8) is 0 Å². The predicted molar refractivity (Wildman–Crippen MR) is 72.1 cm³/mol. The van der Waals surface area contributed by atoms with E-state index in [2.05, 4.69) is 19.2 Å². The fourth-order valence-corrected chi connectivity index (χ4v) is 4.23. The maximum atomic E-state index is 5.12. The molecule has 0 saturated heterocycles. The van der Waals surface area contributed by atoms with E-state index in [1.807, 2.05) is 0 Å². The molecule has 2 aliphatic rings. The molecule has 2 nitrogen and oxygen atoms in total. The highest BCUT2D eigenvalue weighted by Gasteiger charge is 2.55. The van der Waals surface area contributed by atoms with Gasteiger partial charge in [-0.05, 0) is 42.4 Å². The van der Waals surface area contributed by atoms with Crippen LogP contribution in [0.4, 0.5) is 0 Å². The van der Waals surface area contributed by atoms with Gasteiger partial charge >= 0.3 is 0 Å². The molecule has 2 saturated carbocycles. The molecule has 0 amide bonds. The zero-order valence-electron chi connectivity index (χ0n) is 11.8. The van der Waals surface area contributed by atoms with Crippen LogP contribution in [0.25, 0.3) is 0 Å². The quantitative estimate of drug-likeness (QED) is 0.657. The van der Waals surface area contributed by atoms with Crippen molar-refractivity contribution in [3.8, 4) is 0 Å². The first-order chi connectivity index (χ1) is 8.25. The van der Waals surface area contributed by atoms with E-state index in [1.54, 1.807) is 7.11 Å². The highest BCUT2D eigenvalue weighted by atomic mass is 16.5. The maximum Gasteiger partial charge on any atom is 0.0587 e. The minimum atomic E-state index is 0.616. The van der Waals surface area contributed by atoms with Crippen LogP contribution in [0.2, 0.25) is 0 Å². The van der Waals surface area contributed by atoms with Crippen LogP contribution in [-0.4, -0.2) is 26.8 Å². The number of hydrogen-bond acceptors (Lipinski definition) is 2. The molecule has 0 aliphatic heterocycles. The van der Waals surface area contributed by atoms with Gasteiger partial charge in [-0.1, -0.05) is 26.7 Å². The Kier molecular flexibility index (Phi) is 4.48. The molecule has 0 heterocycles. The zero-order valence-corrected chi connectivity index (χ0v) is 11.8. The van der Waals surface area contributed by atoms with Gasteiger partial charge in [0.05, 0.1) is 6.61 Å². The Morgan fingerprint density at radius 1 is 1.24 bits per heavy atom. The number of nitrogens with one attached hydrogen (secondary N) is 1. The monoisotopic (exact) mass is 239 g/mol. The van der Waals surface area contributed by atoms with Gasteiger partial charge in [0.25, 0.3) is 0 Å². The third kappa shape index (κ3) is 2.85. The molecular weight excluding hydrogens is 210 g/mol. The lowest BCUT2D eigenvalue weighted by Crippen LogP contribution is -2.40. The molecule has 1 N–H and O–H groups in total. The zero-order chi connectivity index (χ0) is 12.3. The molecule has 2 unspecified atom stereocenters. The van der Waals surface area contributed by atoms with Crippen molar-refractivity contribution in [2.75, 3.05) is 26.8 Å². The van der Waals surface area contributed by atoms with Crippen LogP contribution in [0.15, 0.2) is 0 Å².